The van der Waals surface area contributed by atoms with Crippen LogP contribution in [0.25, 0.3) is 0 Å². The highest BCUT2D eigenvalue weighted by molar-refractivity contribution is 5.59. The third-order valence-electron chi connectivity index (χ3n) is 3.22. The molecule has 0 radical (unpaired) electrons. The van der Waals surface area contributed by atoms with E-state index in [2.05, 4.69) is 5.32 Å². The van der Waals surface area contributed by atoms with Crippen LogP contribution < -0.4 is 5.32 Å². The van der Waals surface area contributed by atoms with Crippen LogP contribution in [0.3, 0.4) is 0 Å². The van der Waals surface area contributed by atoms with Gasteiger partial charge in [-0.15, -0.1) is 0 Å². The van der Waals surface area contributed by atoms with Gasteiger partial charge in [0.15, 0.2) is 0 Å². The lowest BCUT2D eigenvalue weighted by atomic mass is 9.99. The van der Waals surface area contributed by atoms with Gasteiger partial charge in [0.05, 0.1) is 22.4 Å². The minimum atomic E-state index is -4.45. The van der Waals surface area contributed by atoms with E-state index in [-0.39, 0.29) is 17.2 Å². The first-order valence-electron chi connectivity index (χ1n) is 6.52. The van der Waals surface area contributed by atoms with Gasteiger partial charge in [0, 0.05) is 13.2 Å². The Balaban J connectivity index is 2.92. The molecule has 0 spiro atoms. The molecule has 0 fully saturated rings. The van der Waals surface area contributed by atoms with E-state index in [4.69, 9.17) is 10.00 Å². The summed E-state index contributed by atoms with van der Waals surface area (Å²) < 4.78 is 43.2. The van der Waals surface area contributed by atoms with E-state index in [1.165, 1.54) is 6.07 Å². The van der Waals surface area contributed by atoms with Crippen molar-refractivity contribution in [2.45, 2.75) is 45.0 Å². The number of rotatable bonds is 5. The zero-order chi connectivity index (χ0) is 16.3. The molecule has 1 N–H and O–H groups in total. The molecule has 3 nitrogen and oxygen atoms in total. The van der Waals surface area contributed by atoms with E-state index in [0.29, 0.717) is 12.1 Å². The molecule has 0 heterocycles. The SMILES string of the molecule is COC(C)(C)CC(C)Nc1ccc(C(F)(F)F)cc1C#N. The Morgan fingerprint density at radius 1 is 1.33 bits per heavy atom. The normalized spacial score (nSPS) is 13.6. The number of methoxy groups -OCH3 is 1. The first-order valence-corrected chi connectivity index (χ1v) is 6.52. The summed E-state index contributed by atoms with van der Waals surface area (Å²) in [6.07, 6.45) is -3.80. The minimum Gasteiger partial charge on any atom is -0.381 e. The second-order valence-corrected chi connectivity index (χ2v) is 5.58. The van der Waals surface area contributed by atoms with E-state index < -0.39 is 11.7 Å². The summed E-state index contributed by atoms with van der Waals surface area (Å²) in [7, 11) is 1.60. The zero-order valence-electron chi connectivity index (χ0n) is 12.5. The molecule has 1 aromatic carbocycles. The number of hydrogen-bond acceptors (Lipinski definition) is 3. The minimum absolute atomic E-state index is 0.0214. The van der Waals surface area contributed by atoms with Gasteiger partial charge in [-0.1, -0.05) is 0 Å². The number of hydrogen-bond donors (Lipinski definition) is 1. The van der Waals surface area contributed by atoms with Crippen LogP contribution in [-0.4, -0.2) is 18.8 Å². The van der Waals surface area contributed by atoms with Crippen molar-refractivity contribution in [3.8, 4) is 6.07 Å². The fourth-order valence-electron chi connectivity index (χ4n) is 2.08. The summed E-state index contributed by atoms with van der Waals surface area (Å²) in [5.41, 5.74) is -0.809. The standard InChI is InChI=1S/C15H19F3N2O/c1-10(8-14(2,3)21-4)20-13-6-5-12(15(16,17)18)7-11(13)9-19/h5-7,10,20H,8H2,1-4H3. The number of nitrogens with zero attached hydrogens (tertiary/aromatic N) is 1. The number of halogens is 3. The molecule has 1 atom stereocenters. The van der Waals surface area contributed by atoms with Gasteiger partial charge in [-0.2, -0.15) is 18.4 Å². The molecule has 6 heteroatoms. The lowest BCUT2D eigenvalue weighted by Gasteiger charge is -2.28. The molecule has 1 unspecified atom stereocenters. The maximum Gasteiger partial charge on any atom is 0.416 e. The van der Waals surface area contributed by atoms with Crippen molar-refractivity contribution in [1.29, 1.82) is 5.26 Å². The molecule has 1 rings (SSSR count). The molecule has 0 amide bonds. The van der Waals surface area contributed by atoms with E-state index in [1.807, 2.05) is 20.8 Å². The maximum absolute atomic E-state index is 12.6. The molecular weight excluding hydrogens is 281 g/mol. The van der Waals surface area contributed by atoms with Gasteiger partial charge in [-0.05, 0) is 45.4 Å². The Morgan fingerprint density at radius 3 is 2.43 bits per heavy atom. The molecule has 0 aliphatic rings. The monoisotopic (exact) mass is 300 g/mol. The van der Waals surface area contributed by atoms with Gasteiger partial charge in [0.25, 0.3) is 0 Å². The molecule has 0 aliphatic heterocycles. The number of alkyl halides is 3. The third-order valence-corrected chi connectivity index (χ3v) is 3.22. The summed E-state index contributed by atoms with van der Waals surface area (Å²) in [5, 5.41) is 12.1. The molecule has 116 valence electrons. The first kappa shape index (κ1) is 17.3. The van der Waals surface area contributed by atoms with Crippen LogP contribution in [0.1, 0.15) is 38.3 Å². The van der Waals surface area contributed by atoms with Gasteiger partial charge < -0.3 is 10.1 Å². The van der Waals surface area contributed by atoms with Gasteiger partial charge in [-0.25, -0.2) is 0 Å². The smallest absolute Gasteiger partial charge is 0.381 e. The molecule has 0 aromatic heterocycles. The third kappa shape index (κ3) is 4.94. The lowest BCUT2D eigenvalue weighted by Crippen LogP contribution is -2.31. The molecule has 21 heavy (non-hydrogen) atoms. The predicted molar refractivity (Wildman–Crippen MR) is 74.9 cm³/mol. The molecule has 0 saturated carbocycles. The predicted octanol–water partition coefficient (Wildman–Crippen LogP) is 4.19. The number of benzene rings is 1. The van der Waals surface area contributed by atoms with Crippen molar-refractivity contribution >= 4 is 5.69 Å². The maximum atomic E-state index is 12.6. The topological polar surface area (TPSA) is 45.0 Å². The van der Waals surface area contributed by atoms with Crippen molar-refractivity contribution in [2.75, 3.05) is 12.4 Å². The van der Waals surface area contributed by atoms with Crippen LogP contribution >= 0.6 is 0 Å². The average molecular weight is 300 g/mol. The Labute approximate surface area is 122 Å². The van der Waals surface area contributed by atoms with Crippen LogP contribution in [0.2, 0.25) is 0 Å². The Bertz CT molecular complexity index is 533. The summed E-state index contributed by atoms with van der Waals surface area (Å²) in [6, 6.07) is 4.86. The Morgan fingerprint density at radius 2 is 1.95 bits per heavy atom. The average Bonchev–Trinajstić information content (AvgIpc) is 2.37. The molecule has 0 bridgehead atoms. The van der Waals surface area contributed by atoms with Crippen LogP contribution in [0.5, 0.6) is 0 Å². The second-order valence-electron chi connectivity index (χ2n) is 5.58. The Hall–Kier alpha value is -1.74. The van der Waals surface area contributed by atoms with Crippen LogP contribution in [0.4, 0.5) is 18.9 Å². The number of ether oxygens (including phenoxy) is 1. The van der Waals surface area contributed by atoms with Crippen molar-refractivity contribution < 1.29 is 17.9 Å². The van der Waals surface area contributed by atoms with Crippen molar-refractivity contribution in [2.24, 2.45) is 0 Å². The fraction of sp³-hybridized carbons (Fsp3) is 0.533. The largest absolute Gasteiger partial charge is 0.416 e. The first-order chi connectivity index (χ1) is 9.59. The summed E-state index contributed by atoms with van der Waals surface area (Å²) in [4.78, 5) is 0. The summed E-state index contributed by atoms with van der Waals surface area (Å²) in [6.45, 7) is 5.73. The van der Waals surface area contributed by atoms with Crippen molar-refractivity contribution in [3.63, 3.8) is 0 Å². The second kappa shape index (κ2) is 6.35. The van der Waals surface area contributed by atoms with Crippen molar-refractivity contribution in [1.82, 2.24) is 0 Å². The number of nitriles is 1. The van der Waals surface area contributed by atoms with Gasteiger partial charge in [0.1, 0.15) is 6.07 Å². The summed E-state index contributed by atoms with van der Waals surface area (Å²) >= 11 is 0. The molecular formula is C15H19F3N2O. The Kier molecular flexibility index (Phi) is 5.24. The molecule has 1 aromatic rings. The van der Waals surface area contributed by atoms with E-state index >= 15 is 0 Å². The summed E-state index contributed by atoms with van der Waals surface area (Å²) in [5.74, 6) is 0. The van der Waals surface area contributed by atoms with Crippen molar-refractivity contribution in [3.05, 3.63) is 29.3 Å². The zero-order valence-corrected chi connectivity index (χ0v) is 12.5. The number of nitrogens with one attached hydrogen (secondary N) is 1. The van der Waals surface area contributed by atoms with Crippen LogP contribution in [0, 0.1) is 11.3 Å². The van der Waals surface area contributed by atoms with E-state index in [9.17, 15) is 13.2 Å². The highest BCUT2D eigenvalue weighted by Gasteiger charge is 2.31. The van der Waals surface area contributed by atoms with E-state index in [0.717, 1.165) is 12.1 Å². The van der Waals surface area contributed by atoms with Gasteiger partial charge >= 0.3 is 6.18 Å². The van der Waals surface area contributed by atoms with Gasteiger partial charge in [0.2, 0.25) is 0 Å². The van der Waals surface area contributed by atoms with Crippen LogP contribution in [0.15, 0.2) is 18.2 Å². The quantitative estimate of drug-likeness (QED) is 0.886. The number of anilines is 1. The lowest BCUT2D eigenvalue weighted by molar-refractivity contribution is -0.137. The van der Waals surface area contributed by atoms with Crippen LogP contribution in [-0.2, 0) is 10.9 Å². The highest BCUT2D eigenvalue weighted by Crippen LogP contribution is 2.32. The molecule has 0 saturated heterocycles. The fourth-order valence-corrected chi connectivity index (χ4v) is 2.08. The van der Waals surface area contributed by atoms with E-state index in [1.54, 1.807) is 13.2 Å². The van der Waals surface area contributed by atoms with Gasteiger partial charge in [-0.3, -0.25) is 0 Å². The molecule has 0 aliphatic carbocycles. The highest BCUT2D eigenvalue weighted by atomic mass is 19.4.